The van der Waals surface area contributed by atoms with Crippen LogP contribution in [-0.2, 0) is 9.59 Å². The van der Waals surface area contributed by atoms with Crippen LogP contribution < -0.4 is 15.4 Å². The van der Waals surface area contributed by atoms with Crippen LogP contribution in [0.4, 0.5) is 16.2 Å². The number of hydrogen-bond donors (Lipinski definition) is 2. The van der Waals surface area contributed by atoms with Gasteiger partial charge < -0.3 is 15.4 Å². The number of nitro groups is 1. The summed E-state index contributed by atoms with van der Waals surface area (Å²) in [7, 11) is 1.56. The molecule has 0 aromatic heterocycles. The lowest BCUT2D eigenvalue weighted by molar-refractivity contribution is -0.384. The highest BCUT2D eigenvalue weighted by Gasteiger charge is 2.34. The smallest absolute Gasteiger partial charge is 0.293 e. The van der Waals surface area contributed by atoms with Gasteiger partial charge in [-0.3, -0.25) is 29.4 Å². The van der Waals surface area contributed by atoms with Gasteiger partial charge in [-0.15, -0.1) is 0 Å². The van der Waals surface area contributed by atoms with Gasteiger partial charge in [0.15, 0.2) is 0 Å². The van der Waals surface area contributed by atoms with Gasteiger partial charge >= 0.3 is 0 Å². The second-order valence-electron chi connectivity index (χ2n) is 6.91. The maximum Gasteiger partial charge on any atom is 0.293 e. The molecule has 0 spiro atoms. The molecular weight excluding hydrogens is 448 g/mol. The van der Waals surface area contributed by atoms with E-state index in [0.717, 1.165) is 22.2 Å². The van der Waals surface area contributed by atoms with Crippen LogP contribution in [0.25, 0.3) is 6.08 Å². The third-order valence-electron chi connectivity index (χ3n) is 4.71. The fraction of sp³-hybridized carbons (Fsp3) is 0.227. The molecule has 0 radical (unpaired) electrons. The zero-order valence-corrected chi connectivity index (χ0v) is 18.6. The Hall–Kier alpha value is -3.86. The van der Waals surface area contributed by atoms with Gasteiger partial charge in [0, 0.05) is 32.1 Å². The minimum atomic E-state index is -0.498. The van der Waals surface area contributed by atoms with Crippen LogP contribution in [-0.4, -0.2) is 53.6 Å². The number of benzene rings is 2. The predicted molar refractivity (Wildman–Crippen MR) is 125 cm³/mol. The van der Waals surface area contributed by atoms with E-state index in [4.69, 9.17) is 4.74 Å². The summed E-state index contributed by atoms with van der Waals surface area (Å²) in [4.78, 5) is 48.7. The molecule has 0 aliphatic carbocycles. The van der Waals surface area contributed by atoms with Crippen molar-refractivity contribution in [2.45, 2.75) is 6.42 Å². The summed E-state index contributed by atoms with van der Waals surface area (Å²) in [6, 6.07) is 13.3. The number of amides is 3. The summed E-state index contributed by atoms with van der Waals surface area (Å²) >= 11 is 0.850. The van der Waals surface area contributed by atoms with Gasteiger partial charge in [-0.2, -0.15) is 0 Å². The summed E-state index contributed by atoms with van der Waals surface area (Å²) in [5, 5.41) is 16.1. The largest absolute Gasteiger partial charge is 0.497 e. The van der Waals surface area contributed by atoms with Crippen molar-refractivity contribution >= 4 is 46.3 Å². The van der Waals surface area contributed by atoms with Crippen LogP contribution in [0.2, 0.25) is 0 Å². The summed E-state index contributed by atoms with van der Waals surface area (Å²) < 4.78 is 5.10. The maximum atomic E-state index is 12.5. The average molecular weight is 471 g/mol. The zero-order chi connectivity index (χ0) is 23.8. The number of nitrogens with one attached hydrogen (secondary N) is 2. The number of thioether (sulfide) groups is 1. The Kier molecular flexibility index (Phi) is 8.03. The molecule has 2 aromatic carbocycles. The minimum absolute atomic E-state index is 0.0495. The number of ether oxygens (including phenoxy) is 1. The van der Waals surface area contributed by atoms with Crippen LogP contribution in [0.5, 0.6) is 5.75 Å². The molecule has 0 saturated carbocycles. The van der Waals surface area contributed by atoms with Gasteiger partial charge in [0.1, 0.15) is 11.4 Å². The molecule has 10 nitrogen and oxygen atoms in total. The maximum absolute atomic E-state index is 12.5. The first-order valence-corrected chi connectivity index (χ1v) is 10.8. The van der Waals surface area contributed by atoms with E-state index < -0.39 is 16.1 Å². The first-order valence-electron chi connectivity index (χ1n) is 10.0. The van der Waals surface area contributed by atoms with Crippen molar-refractivity contribution in [3.8, 4) is 5.75 Å². The molecule has 1 aliphatic heterocycles. The Morgan fingerprint density at radius 1 is 1.15 bits per heavy atom. The van der Waals surface area contributed by atoms with E-state index in [1.807, 2.05) is 0 Å². The Labute approximate surface area is 194 Å². The van der Waals surface area contributed by atoms with Crippen molar-refractivity contribution in [2.24, 2.45) is 0 Å². The van der Waals surface area contributed by atoms with Crippen LogP contribution in [0.15, 0.2) is 53.4 Å². The van der Waals surface area contributed by atoms with Crippen molar-refractivity contribution in [2.75, 3.05) is 32.1 Å². The SMILES string of the molecule is COc1ccc(/C=C2\SC(=O)N(CCNC(=O)CCNc3ccccc3[N+](=O)[O-])C2=O)cc1. The van der Waals surface area contributed by atoms with Crippen molar-refractivity contribution in [3.63, 3.8) is 0 Å². The van der Waals surface area contributed by atoms with Gasteiger partial charge in [-0.05, 0) is 41.6 Å². The molecule has 33 heavy (non-hydrogen) atoms. The quantitative estimate of drug-likeness (QED) is 0.307. The Morgan fingerprint density at radius 3 is 2.58 bits per heavy atom. The number of carbonyl (C=O) groups is 3. The van der Waals surface area contributed by atoms with Gasteiger partial charge in [-0.25, -0.2) is 0 Å². The molecule has 0 bridgehead atoms. The number of para-hydroxylation sites is 2. The third-order valence-corrected chi connectivity index (χ3v) is 5.62. The monoisotopic (exact) mass is 470 g/mol. The van der Waals surface area contributed by atoms with E-state index in [1.165, 1.54) is 6.07 Å². The number of methoxy groups -OCH3 is 1. The number of rotatable bonds is 10. The molecule has 2 N–H and O–H groups in total. The lowest BCUT2D eigenvalue weighted by atomic mass is 10.2. The first kappa shape index (κ1) is 23.8. The fourth-order valence-electron chi connectivity index (χ4n) is 3.03. The molecule has 0 atom stereocenters. The van der Waals surface area contributed by atoms with Crippen LogP contribution in [0, 0.1) is 10.1 Å². The Morgan fingerprint density at radius 2 is 1.88 bits per heavy atom. The first-order chi connectivity index (χ1) is 15.9. The molecular formula is C22H22N4O6S. The second kappa shape index (κ2) is 11.1. The summed E-state index contributed by atoms with van der Waals surface area (Å²) in [6.45, 7) is 0.356. The Bertz CT molecular complexity index is 1090. The molecule has 1 aliphatic rings. The Balaban J connectivity index is 1.44. The van der Waals surface area contributed by atoms with E-state index in [9.17, 15) is 24.5 Å². The number of nitrogens with zero attached hydrogens (tertiary/aromatic N) is 2. The van der Waals surface area contributed by atoms with Gasteiger partial charge in [0.2, 0.25) is 5.91 Å². The van der Waals surface area contributed by atoms with E-state index in [0.29, 0.717) is 16.3 Å². The molecule has 3 amide bonds. The summed E-state index contributed by atoms with van der Waals surface area (Å²) in [5.41, 5.74) is 1.03. The topological polar surface area (TPSA) is 131 Å². The lowest BCUT2D eigenvalue weighted by Gasteiger charge is -2.13. The normalized spacial score (nSPS) is 14.5. The van der Waals surface area contributed by atoms with Crippen molar-refractivity contribution in [1.82, 2.24) is 10.2 Å². The average Bonchev–Trinajstić information content (AvgIpc) is 3.07. The highest BCUT2D eigenvalue weighted by molar-refractivity contribution is 8.18. The molecule has 1 heterocycles. The van der Waals surface area contributed by atoms with E-state index >= 15 is 0 Å². The van der Waals surface area contributed by atoms with E-state index in [1.54, 1.807) is 55.7 Å². The van der Waals surface area contributed by atoms with Crippen molar-refractivity contribution in [3.05, 3.63) is 69.1 Å². The molecule has 3 rings (SSSR count). The van der Waals surface area contributed by atoms with Crippen LogP contribution in [0.3, 0.4) is 0 Å². The molecule has 0 unspecified atom stereocenters. The summed E-state index contributed by atoms with van der Waals surface area (Å²) in [5.74, 6) is -0.0249. The number of nitro benzene ring substituents is 1. The number of imide groups is 1. The van der Waals surface area contributed by atoms with Crippen molar-refractivity contribution in [1.29, 1.82) is 0 Å². The summed E-state index contributed by atoms with van der Waals surface area (Å²) in [6.07, 6.45) is 1.71. The number of carbonyl (C=O) groups excluding carboxylic acids is 3. The van der Waals surface area contributed by atoms with E-state index in [-0.39, 0.29) is 37.6 Å². The zero-order valence-electron chi connectivity index (χ0n) is 17.8. The van der Waals surface area contributed by atoms with Crippen molar-refractivity contribution < 1.29 is 24.0 Å². The standard InChI is InChI=1S/C22H22N4O6S/c1-32-16-8-6-15(7-9-16)14-19-21(28)25(22(29)33-19)13-12-24-20(27)10-11-23-17-4-2-3-5-18(17)26(30)31/h2-9,14,23H,10-13H2,1H3,(H,24,27)/b19-14-. The van der Waals surface area contributed by atoms with Crippen LogP contribution in [0.1, 0.15) is 12.0 Å². The molecule has 11 heteroatoms. The number of anilines is 1. The van der Waals surface area contributed by atoms with Gasteiger partial charge in [0.25, 0.3) is 16.8 Å². The lowest BCUT2D eigenvalue weighted by Crippen LogP contribution is -2.37. The molecule has 172 valence electrons. The highest BCUT2D eigenvalue weighted by atomic mass is 32.2. The molecule has 1 saturated heterocycles. The van der Waals surface area contributed by atoms with Gasteiger partial charge in [0.05, 0.1) is 16.9 Å². The predicted octanol–water partition coefficient (Wildman–Crippen LogP) is 3.26. The third kappa shape index (κ3) is 6.32. The second-order valence-corrected chi connectivity index (χ2v) is 7.90. The fourth-order valence-corrected chi connectivity index (χ4v) is 3.90. The molecule has 1 fully saturated rings. The minimum Gasteiger partial charge on any atom is -0.497 e. The highest BCUT2D eigenvalue weighted by Crippen LogP contribution is 2.32. The molecule has 2 aromatic rings. The van der Waals surface area contributed by atoms with Gasteiger partial charge in [-0.1, -0.05) is 24.3 Å². The van der Waals surface area contributed by atoms with Crippen LogP contribution >= 0.6 is 11.8 Å². The number of hydrogen-bond acceptors (Lipinski definition) is 8. The van der Waals surface area contributed by atoms with E-state index in [2.05, 4.69) is 10.6 Å².